The lowest BCUT2D eigenvalue weighted by atomic mass is 10.2. The van der Waals surface area contributed by atoms with Crippen LogP contribution in [0.2, 0.25) is 15.2 Å². The Labute approximate surface area is 153 Å². The topological polar surface area (TPSA) is 59.8 Å². The first-order valence-electron chi connectivity index (χ1n) is 6.93. The molecule has 1 aromatic carbocycles. The highest BCUT2D eigenvalue weighted by atomic mass is 35.5. The number of nitrogens with zero attached hydrogens (tertiary/aromatic N) is 3. The van der Waals surface area contributed by atoms with Gasteiger partial charge >= 0.3 is 0 Å². The molecule has 0 aliphatic carbocycles. The molecule has 0 fully saturated rings. The van der Waals surface area contributed by atoms with Crippen LogP contribution in [0.15, 0.2) is 48.8 Å². The average molecular weight is 382 g/mol. The van der Waals surface area contributed by atoms with Crippen LogP contribution in [0.25, 0.3) is 0 Å². The number of aromatic nitrogens is 3. The molecule has 3 rings (SSSR count). The number of anilines is 1. The summed E-state index contributed by atoms with van der Waals surface area (Å²) in [5, 5.41) is 8.03. The number of carbonyl (C=O) groups is 1. The van der Waals surface area contributed by atoms with Crippen molar-refractivity contribution in [3.8, 4) is 0 Å². The third kappa shape index (κ3) is 3.53. The normalized spacial score (nSPS) is 10.6. The monoisotopic (exact) mass is 380 g/mol. The first-order valence-corrected chi connectivity index (χ1v) is 8.06. The summed E-state index contributed by atoms with van der Waals surface area (Å²) in [6.45, 7) is 0.364. The molecule has 5 nitrogen and oxygen atoms in total. The number of hydrogen-bond acceptors (Lipinski definition) is 3. The largest absolute Gasteiger partial charge is 0.307 e. The quantitative estimate of drug-likeness (QED) is 0.675. The molecule has 122 valence electrons. The Balaban J connectivity index is 1.82. The molecule has 0 bridgehead atoms. The van der Waals surface area contributed by atoms with Gasteiger partial charge in [-0.1, -0.05) is 46.9 Å². The van der Waals surface area contributed by atoms with Gasteiger partial charge in [-0.15, -0.1) is 0 Å². The Morgan fingerprint density at radius 2 is 1.92 bits per heavy atom. The zero-order chi connectivity index (χ0) is 17.1. The second kappa shape index (κ2) is 7.21. The van der Waals surface area contributed by atoms with Gasteiger partial charge in [-0.25, -0.2) is 9.67 Å². The summed E-state index contributed by atoms with van der Waals surface area (Å²) in [5.41, 5.74) is 1.08. The molecular formula is C16H11Cl3N4O. The molecule has 0 radical (unpaired) electrons. The minimum Gasteiger partial charge on any atom is -0.307 e. The molecule has 2 heterocycles. The summed E-state index contributed by atoms with van der Waals surface area (Å²) in [4.78, 5) is 16.2. The van der Waals surface area contributed by atoms with Crippen molar-refractivity contribution in [2.24, 2.45) is 0 Å². The van der Waals surface area contributed by atoms with Crippen LogP contribution in [0, 0.1) is 0 Å². The Morgan fingerprint density at radius 3 is 2.71 bits per heavy atom. The van der Waals surface area contributed by atoms with Crippen molar-refractivity contribution >= 4 is 46.5 Å². The minimum atomic E-state index is -0.368. The maximum Gasteiger partial charge on any atom is 0.259 e. The van der Waals surface area contributed by atoms with Gasteiger partial charge in [-0.05, 0) is 23.8 Å². The highest BCUT2D eigenvalue weighted by molar-refractivity contribution is 6.42. The predicted molar refractivity (Wildman–Crippen MR) is 95.0 cm³/mol. The highest BCUT2D eigenvalue weighted by Gasteiger charge is 2.14. The molecule has 1 amide bonds. The van der Waals surface area contributed by atoms with E-state index in [0.29, 0.717) is 22.4 Å². The number of nitrogens with one attached hydrogen (secondary N) is 1. The molecule has 0 atom stereocenters. The van der Waals surface area contributed by atoms with Crippen molar-refractivity contribution in [1.29, 1.82) is 0 Å². The molecule has 0 aliphatic rings. The van der Waals surface area contributed by atoms with Crippen molar-refractivity contribution in [2.75, 3.05) is 5.32 Å². The van der Waals surface area contributed by atoms with E-state index in [-0.39, 0.29) is 16.6 Å². The number of pyridine rings is 1. The Bertz CT molecular complexity index is 895. The SMILES string of the molecule is O=C(Nc1ccnn1Cc1cccc(Cl)c1Cl)c1cccnc1Cl. The molecule has 0 saturated heterocycles. The minimum absolute atomic E-state index is 0.138. The van der Waals surface area contributed by atoms with Gasteiger partial charge in [-0.3, -0.25) is 4.79 Å². The van der Waals surface area contributed by atoms with E-state index in [2.05, 4.69) is 15.4 Å². The molecule has 1 N–H and O–H groups in total. The zero-order valence-corrected chi connectivity index (χ0v) is 14.5. The molecular weight excluding hydrogens is 371 g/mol. The van der Waals surface area contributed by atoms with Crippen LogP contribution in [-0.4, -0.2) is 20.7 Å². The summed E-state index contributed by atoms with van der Waals surface area (Å²) in [6.07, 6.45) is 3.10. The van der Waals surface area contributed by atoms with E-state index in [1.54, 1.807) is 41.2 Å². The number of amides is 1. The van der Waals surface area contributed by atoms with Crippen molar-refractivity contribution in [1.82, 2.24) is 14.8 Å². The average Bonchev–Trinajstić information content (AvgIpc) is 2.99. The van der Waals surface area contributed by atoms with Crippen molar-refractivity contribution in [3.05, 3.63) is 75.1 Å². The van der Waals surface area contributed by atoms with Crippen molar-refractivity contribution < 1.29 is 4.79 Å². The second-order valence-electron chi connectivity index (χ2n) is 4.88. The molecule has 24 heavy (non-hydrogen) atoms. The summed E-state index contributed by atoms with van der Waals surface area (Å²) in [5.74, 6) is 0.142. The van der Waals surface area contributed by atoms with Crippen LogP contribution < -0.4 is 5.32 Å². The number of halogens is 3. The smallest absolute Gasteiger partial charge is 0.259 e. The molecule has 3 aromatic rings. The maximum atomic E-state index is 12.3. The number of rotatable bonds is 4. The van der Waals surface area contributed by atoms with Gasteiger partial charge < -0.3 is 5.32 Å². The van der Waals surface area contributed by atoms with Gasteiger partial charge in [0, 0.05) is 12.3 Å². The van der Waals surface area contributed by atoms with Gasteiger partial charge in [0.05, 0.1) is 28.4 Å². The number of hydrogen-bond donors (Lipinski definition) is 1. The zero-order valence-electron chi connectivity index (χ0n) is 12.2. The van der Waals surface area contributed by atoms with E-state index in [0.717, 1.165) is 5.56 Å². The fourth-order valence-corrected chi connectivity index (χ4v) is 2.72. The highest BCUT2D eigenvalue weighted by Crippen LogP contribution is 2.26. The van der Waals surface area contributed by atoms with Gasteiger partial charge in [0.15, 0.2) is 0 Å². The van der Waals surface area contributed by atoms with Crippen LogP contribution in [-0.2, 0) is 6.54 Å². The van der Waals surface area contributed by atoms with E-state index in [9.17, 15) is 4.79 Å². The fraction of sp³-hybridized carbons (Fsp3) is 0.0625. The van der Waals surface area contributed by atoms with Gasteiger partial charge in [-0.2, -0.15) is 5.10 Å². The van der Waals surface area contributed by atoms with Crippen LogP contribution in [0.3, 0.4) is 0 Å². The third-order valence-corrected chi connectivity index (χ3v) is 4.47. The van der Waals surface area contributed by atoms with E-state index < -0.39 is 0 Å². The van der Waals surface area contributed by atoms with Crippen molar-refractivity contribution in [3.63, 3.8) is 0 Å². The Hall–Kier alpha value is -2.08. The van der Waals surface area contributed by atoms with Crippen LogP contribution in [0.5, 0.6) is 0 Å². The third-order valence-electron chi connectivity index (χ3n) is 3.31. The molecule has 0 unspecified atom stereocenters. The molecule has 0 spiro atoms. The lowest BCUT2D eigenvalue weighted by Gasteiger charge is -2.11. The van der Waals surface area contributed by atoms with E-state index in [4.69, 9.17) is 34.8 Å². The maximum absolute atomic E-state index is 12.3. The molecule has 2 aromatic heterocycles. The summed E-state index contributed by atoms with van der Waals surface area (Å²) in [6, 6.07) is 10.3. The van der Waals surface area contributed by atoms with Gasteiger partial charge in [0.25, 0.3) is 5.91 Å². The summed E-state index contributed by atoms with van der Waals surface area (Å²) < 4.78 is 1.61. The summed E-state index contributed by atoms with van der Waals surface area (Å²) in [7, 11) is 0. The molecule has 8 heteroatoms. The standard InChI is InChI=1S/C16H11Cl3N4O/c17-12-5-1-3-10(14(12)18)9-23-13(6-8-21-23)22-16(24)11-4-2-7-20-15(11)19/h1-8H,9H2,(H,22,24). The lowest BCUT2D eigenvalue weighted by Crippen LogP contribution is -2.17. The second-order valence-corrected chi connectivity index (χ2v) is 6.03. The van der Waals surface area contributed by atoms with Crippen LogP contribution in [0.4, 0.5) is 5.82 Å². The number of carbonyl (C=O) groups excluding carboxylic acids is 1. The van der Waals surface area contributed by atoms with Crippen LogP contribution in [0.1, 0.15) is 15.9 Å². The van der Waals surface area contributed by atoms with Crippen LogP contribution >= 0.6 is 34.8 Å². The van der Waals surface area contributed by atoms with E-state index in [1.807, 2.05) is 6.07 Å². The Kier molecular flexibility index (Phi) is 5.04. The van der Waals surface area contributed by atoms with Gasteiger partial charge in [0.1, 0.15) is 11.0 Å². The first kappa shape index (κ1) is 16.8. The molecule has 0 aliphatic heterocycles. The summed E-state index contributed by atoms with van der Waals surface area (Å²) >= 11 is 18.2. The fourth-order valence-electron chi connectivity index (χ4n) is 2.14. The predicted octanol–water partition coefficient (Wildman–Crippen LogP) is 4.54. The lowest BCUT2D eigenvalue weighted by molar-refractivity contribution is 0.102. The number of benzene rings is 1. The van der Waals surface area contributed by atoms with Gasteiger partial charge in [0.2, 0.25) is 0 Å². The Morgan fingerprint density at radius 1 is 1.08 bits per heavy atom. The van der Waals surface area contributed by atoms with Crippen molar-refractivity contribution in [2.45, 2.75) is 6.54 Å². The first-order chi connectivity index (χ1) is 11.6. The van der Waals surface area contributed by atoms with E-state index in [1.165, 1.54) is 6.20 Å². The molecule has 0 saturated carbocycles. The van der Waals surface area contributed by atoms with E-state index >= 15 is 0 Å².